The molecule has 0 rings (SSSR count). The summed E-state index contributed by atoms with van der Waals surface area (Å²) in [4.78, 5) is 23.3. The Balaban J connectivity index is 3.95. The minimum atomic E-state index is -4.36. The molecule has 0 saturated heterocycles. The Morgan fingerprint density at radius 1 is 0.436 bits per heavy atom. The van der Waals surface area contributed by atoms with Gasteiger partial charge in [-0.3, -0.25) is 13.8 Å². The number of carbonyl (C=O) groups is 1. The molecule has 9 heteroatoms. The van der Waals surface area contributed by atoms with E-state index in [0.29, 0.717) is 17.4 Å². The van der Waals surface area contributed by atoms with Crippen LogP contribution in [0.3, 0.4) is 0 Å². The number of amides is 1. The van der Waals surface area contributed by atoms with Gasteiger partial charge in [-0.2, -0.15) is 0 Å². The number of hydrogen-bond acceptors (Lipinski definition) is 5. The first kappa shape index (κ1) is 76.2. The van der Waals surface area contributed by atoms with Crippen molar-refractivity contribution >= 4 is 13.7 Å². The maximum Gasteiger partial charge on any atom is 0.472 e. The molecule has 0 aliphatic rings. The number of likely N-dealkylation sites (N-methyl/N-ethyl adjacent to an activating group) is 1. The molecule has 3 N–H and O–H groups in total. The van der Waals surface area contributed by atoms with E-state index < -0.39 is 20.0 Å². The minimum Gasteiger partial charge on any atom is -0.387 e. The number of hydrogen-bond donors (Lipinski definition) is 3. The third kappa shape index (κ3) is 61.8. The molecule has 0 fully saturated rings. The van der Waals surface area contributed by atoms with E-state index in [-0.39, 0.29) is 19.1 Å². The first-order valence-electron chi connectivity index (χ1n) is 33.7. The van der Waals surface area contributed by atoms with Crippen molar-refractivity contribution < 1.29 is 32.9 Å². The number of quaternary nitrogens is 1. The molecular formula is C69H132N2O6P+. The molecule has 8 nitrogen and oxygen atoms in total. The van der Waals surface area contributed by atoms with E-state index >= 15 is 0 Å². The number of aliphatic hydroxyl groups is 1. The van der Waals surface area contributed by atoms with Crippen molar-refractivity contribution in [2.75, 3.05) is 40.9 Å². The summed E-state index contributed by atoms with van der Waals surface area (Å²) >= 11 is 0. The van der Waals surface area contributed by atoms with Crippen molar-refractivity contribution in [3.63, 3.8) is 0 Å². The summed E-state index contributed by atoms with van der Waals surface area (Å²) in [6, 6.07) is -0.863. The van der Waals surface area contributed by atoms with E-state index in [1.807, 2.05) is 27.2 Å². The van der Waals surface area contributed by atoms with Gasteiger partial charge in [-0.25, -0.2) is 4.57 Å². The molecule has 0 spiro atoms. The van der Waals surface area contributed by atoms with Gasteiger partial charge in [0.25, 0.3) is 0 Å². The lowest BCUT2D eigenvalue weighted by atomic mass is 10.0. The standard InChI is InChI=1S/C69H131N2O6P/c1-6-8-10-12-14-16-18-20-22-24-25-26-27-28-29-30-31-32-33-34-35-36-37-38-39-40-41-42-43-44-45-47-49-51-53-55-57-59-61-63-69(73)70-67(66-77-78(74,75)76-65-64-71(3,4)5)68(72)62-60-58-56-54-52-50-48-46-23-21-19-17-15-13-11-9-7-2/h18,20,24-25,27-28,52,54,60,62,67-68,72H,6-17,19,21-23,26,29-51,53,55-59,61,63-66H2,1-5H3,(H-,70,73,74,75)/p+1/b20-18-,25-24-,28-27-,54-52+,62-60+. The van der Waals surface area contributed by atoms with Gasteiger partial charge in [0.2, 0.25) is 5.91 Å². The molecule has 3 unspecified atom stereocenters. The zero-order chi connectivity index (χ0) is 57.0. The average Bonchev–Trinajstić information content (AvgIpc) is 3.40. The number of aliphatic hydroxyl groups excluding tert-OH is 1. The summed E-state index contributed by atoms with van der Waals surface area (Å²) in [5.41, 5.74) is 0. The Kier molecular flexibility index (Phi) is 58.4. The number of unbranched alkanes of at least 4 members (excludes halogenated alkanes) is 41. The monoisotopic (exact) mass is 1120 g/mol. The molecule has 1 amide bonds. The van der Waals surface area contributed by atoms with Gasteiger partial charge in [0.1, 0.15) is 13.2 Å². The summed E-state index contributed by atoms with van der Waals surface area (Å²) in [7, 11) is 1.56. The lowest BCUT2D eigenvalue weighted by Gasteiger charge is -2.25. The van der Waals surface area contributed by atoms with Crippen molar-refractivity contribution in [1.82, 2.24) is 5.32 Å². The predicted molar refractivity (Wildman–Crippen MR) is 341 cm³/mol. The number of carbonyl (C=O) groups excluding carboxylic acids is 1. The van der Waals surface area contributed by atoms with Gasteiger partial charge in [0.15, 0.2) is 0 Å². The van der Waals surface area contributed by atoms with Gasteiger partial charge in [-0.05, 0) is 70.6 Å². The molecule has 78 heavy (non-hydrogen) atoms. The lowest BCUT2D eigenvalue weighted by molar-refractivity contribution is -0.870. The second-order valence-electron chi connectivity index (χ2n) is 24.2. The summed E-state index contributed by atoms with van der Waals surface area (Å²) in [6.07, 6.45) is 82.3. The molecule has 0 bridgehead atoms. The SMILES string of the molecule is CCCCCCC/C=C\C/C=C\C/C=C\CCCCCCCCCCCCCCCCCCCCCCCCCCC(=O)NC(COP(=O)(O)OCC[N+](C)(C)C)C(O)/C=C/CC/C=C/CCCCCCCCCCCCC. The highest BCUT2D eigenvalue weighted by atomic mass is 31.2. The van der Waals surface area contributed by atoms with Crippen LogP contribution >= 0.6 is 7.82 Å². The van der Waals surface area contributed by atoms with Crippen LogP contribution in [-0.4, -0.2) is 73.4 Å². The van der Waals surface area contributed by atoms with Crippen molar-refractivity contribution in [2.45, 2.75) is 334 Å². The Morgan fingerprint density at radius 3 is 1.12 bits per heavy atom. The Labute approximate surface area is 485 Å². The van der Waals surface area contributed by atoms with E-state index in [1.54, 1.807) is 6.08 Å². The topological polar surface area (TPSA) is 105 Å². The van der Waals surface area contributed by atoms with Gasteiger partial charge < -0.3 is 19.8 Å². The number of phosphoric ester groups is 1. The molecular weight excluding hydrogens is 984 g/mol. The van der Waals surface area contributed by atoms with Crippen molar-refractivity contribution in [3.05, 3.63) is 60.8 Å². The third-order valence-electron chi connectivity index (χ3n) is 15.2. The predicted octanol–water partition coefficient (Wildman–Crippen LogP) is 21.2. The van der Waals surface area contributed by atoms with Crippen molar-refractivity contribution in [3.8, 4) is 0 Å². The van der Waals surface area contributed by atoms with Gasteiger partial charge in [0, 0.05) is 6.42 Å². The molecule has 3 atom stereocenters. The third-order valence-corrected chi connectivity index (χ3v) is 16.2. The molecule has 0 aliphatic heterocycles. The number of allylic oxidation sites excluding steroid dienone is 9. The van der Waals surface area contributed by atoms with Crippen LogP contribution in [0.5, 0.6) is 0 Å². The smallest absolute Gasteiger partial charge is 0.387 e. The van der Waals surface area contributed by atoms with Crippen LogP contribution in [0.25, 0.3) is 0 Å². The van der Waals surface area contributed by atoms with E-state index in [4.69, 9.17) is 9.05 Å². The van der Waals surface area contributed by atoms with Crippen LogP contribution in [0.2, 0.25) is 0 Å². The van der Waals surface area contributed by atoms with Crippen LogP contribution in [-0.2, 0) is 18.4 Å². The van der Waals surface area contributed by atoms with Gasteiger partial charge in [-0.15, -0.1) is 0 Å². The first-order chi connectivity index (χ1) is 38.0. The highest BCUT2D eigenvalue weighted by molar-refractivity contribution is 7.47. The van der Waals surface area contributed by atoms with Gasteiger partial charge >= 0.3 is 7.82 Å². The molecule has 0 aromatic carbocycles. The molecule has 0 aliphatic carbocycles. The molecule has 0 aromatic heterocycles. The van der Waals surface area contributed by atoms with Crippen molar-refractivity contribution in [1.29, 1.82) is 0 Å². The summed E-state index contributed by atoms with van der Waals surface area (Å²) < 4.78 is 23.7. The van der Waals surface area contributed by atoms with E-state index in [9.17, 15) is 19.4 Å². The van der Waals surface area contributed by atoms with E-state index in [0.717, 1.165) is 51.4 Å². The number of rotatable bonds is 62. The van der Waals surface area contributed by atoms with Gasteiger partial charge in [-0.1, -0.05) is 306 Å². The summed E-state index contributed by atoms with van der Waals surface area (Å²) in [5, 5.41) is 13.9. The largest absolute Gasteiger partial charge is 0.472 e. The lowest BCUT2D eigenvalue weighted by Crippen LogP contribution is -2.45. The maximum atomic E-state index is 13.0. The van der Waals surface area contributed by atoms with Crippen molar-refractivity contribution in [2.24, 2.45) is 0 Å². The number of nitrogens with one attached hydrogen (secondary N) is 1. The van der Waals surface area contributed by atoms with Crippen LogP contribution in [0.4, 0.5) is 0 Å². The molecule has 458 valence electrons. The van der Waals surface area contributed by atoms with E-state index in [1.165, 1.54) is 250 Å². The van der Waals surface area contributed by atoms with Crippen LogP contribution in [0.1, 0.15) is 322 Å². The first-order valence-corrected chi connectivity index (χ1v) is 35.2. The normalized spacial score (nSPS) is 14.1. The maximum absolute atomic E-state index is 13.0. The second kappa shape index (κ2) is 59.8. The number of nitrogens with zero attached hydrogens (tertiary/aromatic N) is 1. The summed E-state index contributed by atoms with van der Waals surface area (Å²) in [6.45, 7) is 4.81. The fourth-order valence-corrected chi connectivity index (χ4v) is 10.7. The molecule has 0 aromatic rings. The zero-order valence-corrected chi connectivity index (χ0v) is 53.3. The minimum absolute atomic E-state index is 0.0568. The Morgan fingerprint density at radius 2 is 0.744 bits per heavy atom. The number of phosphoric acid groups is 1. The molecule has 0 heterocycles. The van der Waals surface area contributed by atoms with Crippen LogP contribution < -0.4 is 5.32 Å². The fraction of sp³-hybridized carbons (Fsp3) is 0.841. The summed E-state index contributed by atoms with van der Waals surface area (Å²) in [5.74, 6) is -0.182. The molecule has 0 radical (unpaired) electrons. The fourth-order valence-electron chi connectivity index (χ4n) is 9.95. The Hall–Kier alpha value is -1.80. The van der Waals surface area contributed by atoms with E-state index in [2.05, 4.69) is 67.8 Å². The quantitative estimate of drug-likeness (QED) is 0.0243. The van der Waals surface area contributed by atoms with Crippen LogP contribution in [0, 0.1) is 0 Å². The zero-order valence-electron chi connectivity index (χ0n) is 52.4. The highest BCUT2D eigenvalue weighted by Gasteiger charge is 2.28. The Bertz CT molecular complexity index is 1450. The second-order valence-corrected chi connectivity index (χ2v) is 25.6. The molecule has 0 saturated carbocycles. The average molecular weight is 1120 g/mol. The highest BCUT2D eigenvalue weighted by Crippen LogP contribution is 2.43. The van der Waals surface area contributed by atoms with Gasteiger partial charge in [0.05, 0.1) is 39.9 Å². The van der Waals surface area contributed by atoms with Crippen LogP contribution in [0.15, 0.2) is 60.8 Å².